The van der Waals surface area contributed by atoms with Gasteiger partial charge >= 0.3 is 0 Å². The van der Waals surface area contributed by atoms with Gasteiger partial charge in [0.05, 0.1) is 15.6 Å². The fraction of sp³-hybridized carbons (Fsp3) is 0.227. The zero-order chi connectivity index (χ0) is 21.7. The van der Waals surface area contributed by atoms with Gasteiger partial charge in [0, 0.05) is 12.1 Å². The number of nitro groups is 1. The van der Waals surface area contributed by atoms with Crippen LogP contribution < -0.4 is 10.1 Å². The van der Waals surface area contributed by atoms with E-state index in [1.54, 1.807) is 6.07 Å². The highest BCUT2D eigenvalue weighted by atomic mass is 35.5. The Kier molecular flexibility index (Phi) is 6.74. The maximum Gasteiger partial charge on any atom is 0.291 e. The highest BCUT2D eigenvalue weighted by Gasteiger charge is 2.16. The van der Waals surface area contributed by atoms with E-state index in [2.05, 4.69) is 19.2 Å². The van der Waals surface area contributed by atoms with Crippen LogP contribution in [0.15, 0.2) is 59.0 Å². The summed E-state index contributed by atoms with van der Waals surface area (Å²) in [4.78, 5) is 22.7. The first-order chi connectivity index (χ1) is 14.4. The van der Waals surface area contributed by atoms with Gasteiger partial charge in [-0.25, -0.2) is 0 Å². The summed E-state index contributed by atoms with van der Waals surface area (Å²) in [5.74, 6) is 1.14. The van der Waals surface area contributed by atoms with Gasteiger partial charge in [-0.05, 0) is 48.2 Å². The van der Waals surface area contributed by atoms with Crippen LogP contribution in [0.1, 0.15) is 48.1 Å². The van der Waals surface area contributed by atoms with Gasteiger partial charge in [0.25, 0.3) is 11.6 Å². The van der Waals surface area contributed by atoms with Crippen LogP contribution in [0.2, 0.25) is 5.02 Å². The second-order valence-corrected chi connectivity index (χ2v) is 7.22. The molecule has 0 spiro atoms. The zero-order valence-electron chi connectivity index (χ0n) is 16.6. The minimum atomic E-state index is -0.568. The van der Waals surface area contributed by atoms with Crippen LogP contribution in [-0.2, 0) is 6.61 Å². The Hall–Kier alpha value is -3.32. The third-order valence-electron chi connectivity index (χ3n) is 4.74. The number of nitro benzene ring substituents is 1. The van der Waals surface area contributed by atoms with Crippen LogP contribution in [0.25, 0.3) is 0 Å². The van der Waals surface area contributed by atoms with Gasteiger partial charge in [0.2, 0.25) is 0 Å². The number of benzene rings is 2. The number of nitrogens with zero attached hydrogens (tertiary/aromatic N) is 1. The molecule has 1 N–H and O–H groups in total. The number of carbonyl (C=O) groups excluding carboxylic acids is 1. The maximum atomic E-state index is 12.4. The third kappa shape index (κ3) is 5.18. The smallest absolute Gasteiger partial charge is 0.291 e. The lowest BCUT2D eigenvalue weighted by molar-refractivity contribution is -0.384. The highest BCUT2D eigenvalue weighted by Crippen LogP contribution is 2.27. The van der Waals surface area contributed by atoms with Crippen molar-refractivity contribution in [1.82, 2.24) is 0 Å². The van der Waals surface area contributed by atoms with Gasteiger partial charge < -0.3 is 14.5 Å². The molecule has 7 nitrogen and oxygen atoms in total. The van der Waals surface area contributed by atoms with Crippen LogP contribution in [0.4, 0.5) is 11.4 Å². The van der Waals surface area contributed by atoms with E-state index in [9.17, 15) is 14.9 Å². The first-order valence-corrected chi connectivity index (χ1v) is 9.82. The van der Waals surface area contributed by atoms with E-state index in [4.69, 9.17) is 20.8 Å². The molecule has 3 aromatic rings. The standard InChI is InChI=1S/C22H21ClN2O5/c1-3-14(2)15-4-7-17(8-5-15)29-13-18-9-11-21(30-18)22(26)24-20-12-16(25(27)28)6-10-19(20)23/h4-12,14H,3,13H2,1-2H3,(H,24,26). The lowest BCUT2D eigenvalue weighted by Gasteiger charge is -2.10. The lowest BCUT2D eigenvalue weighted by Crippen LogP contribution is -2.11. The summed E-state index contributed by atoms with van der Waals surface area (Å²) in [5, 5.41) is 13.6. The van der Waals surface area contributed by atoms with E-state index in [-0.39, 0.29) is 28.8 Å². The summed E-state index contributed by atoms with van der Waals surface area (Å²) >= 11 is 6.01. The quantitative estimate of drug-likeness (QED) is 0.341. The molecule has 0 aliphatic heterocycles. The zero-order valence-corrected chi connectivity index (χ0v) is 17.3. The summed E-state index contributed by atoms with van der Waals surface area (Å²) in [5.41, 5.74) is 1.20. The van der Waals surface area contributed by atoms with Gasteiger partial charge in [-0.1, -0.05) is 37.6 Å². The second-order valence-electron chi connectivity index (χ2n) is 6.81. The summed E-state index contributed by atoms with van der Waals surface area (Å²) in [6, 6.07) is 14.8. The van der Waals surface area contributed by atoms with E-state index >= 15 is 0 Å². The predicted molar refractivity (Wildman–Crippen MR) is 114 cm³/mol. The van der Waals surface area contributed by atoms with Crippen molar-refractivity contribution in [2.75, 3.05) is 5.32 Å². The Labute approximate surface area is 178 Å². The van der Waals surface area contributed by atoms with Gasteiger partial charge in [-0.3, -0.25) is 14.9 Å². The fourth-order valence-electron chi connectivity index (χ4n) is 2.77. The number of hydrogen-bond acceptors (Lipinski definition) is 5. The van der Waals surface area contributed by atoms with E-state index in [1.807, 2.05) is 24.3 Å². The number of hydrogen-bond donors (Lipinski definition) is 1. The largest absolute Gasteiger partial charge is 0.486 e. The molecule has 0 saturated carbocycles. The molecular formula is C22H21ClN2O5. The lowest BCUT2D eigenvalue weighted by atomic mass is 9.99. The third-order valence-corrected chi connectivity index (χ3v) is 5.07. The molecule has 8 heteroatoms. The Morgan fingerprint density at radius 3 is 2.60 bits per heavy atom. The summed E-state index contributed by atoms with van der Waals surface area (Å²) in [6.07, 6.45) is 1.07. The van der Waals surface area contributed by atoms with Crippen LogP contribution >= 0.6 is 11.6 Å². The summed E-state index contributed by atoms with van der Waals surface area (Å²) in [6.45, 7) is 4.48. The molecule has 2 aromatic carbocycles. The van der Waals surface area contributed by atoms with Crippen molar-refractivity contribution in [3.05, 3.63) is 86.8 Å². The minimum Gasteiger partial charge on any atom is -0.486 e. The molecule has 0 fully saturated rings. The number of rotatable bonds is 8. The fourth-order valence-corrected chi connectivity index (χ4v) is 2.93. The molecule has 0 aliphatic carbocycles. The molecule has 0 saturated heterocycles. The average Bonchev–Trinajstić information content (AvgIpc) is 3.22. The van der Waals surface area contributed by atoms with Gasteiger partial charge in [-0.15, -0.1) is 0 Å². The molecule has 30 heavy (non-hydrogen) atoms. The van der Waals surface area contributed by atoms with Gasteiger partial charge in [0.1, 0.15) is 18.1 Å². The summed E-state index contributed by atoms with van der Waals surface area (Å²) < 4.78 is 11.2. The molecule has 3 rings (SSSR count). The Morgan fingerprint density at radius 2 is 1.93 bits per heavy atom. The van der Waals surface area contributed by atoms with Gasteiger partial charge in [-0.2, -0.15) is 0 Å². The number of amides is 1. The molecular weight excluding hydrogens is 408 g/mol. The van der Waals surface area contributed by atoms with Crippen LogP contribution in [0.5, 0.6) is 5.75 Å². The van der Waals surface area contributed by atoms with E-state index in [0.29, 0.717) is 17.4 Å². The Bertz CT molecular complexity index is 1050. The van der Waals surface area contributed by atoms with E-state index < -0.39 is 10.8 Å². The molecule has 0 bridgehead atoms. The first-order valence-electron chi connectivity index (χ1n) is 9.44. The van der Waals surface area contributed by atoms with Crippen molar-refractivity contribution in [3.8, 4) is 5.75 Å². The van der Waals surface area contributed by atoms with Crippen LogP contribution in [-0.4, -0.2) is 10.8 Å². The number of non-ortho nitro benzene ring substituents is 1. The molecule has 156 valence electrons. The van der Waals surface area contributed by atoms with E-state index in [0.717, 1.165) is 6.42 Å². The molecule has 1 atom stereocenters. The van der Waals surface area contributed by atoms with Crippen molar-refractivity contribution >= 4 is 28.9 Å². The molecule has 0 radical (unpaired) electrons. The van der Waals surface area contributed by atoms with Crippen molar-refractivity contribution in [3.63, 3.8) is 0 Å². The van der Waals surface area contributed by atoms with Crippen LogP contribution in [0, 0.1) is 10.1 Å². The molecule has 1 heterocycles. The Morgan fingerprint density at radius 1 is 1.20 bits per heavy atom. The van der Waals surface area contributed by atoms with Crippen molar-refractivity contribution in [2.24, 2.45) is 0 Å². The predicted octanol–water partition coefficient (Wildman–Crippen LogP) is 6.19. The topological polar surface area (TPSA) is 94.6 Å². The minimum absolute atomic E-state index is 0.0447. The van der Waals surface area contributed by atoms with Crippen molar-refractivity contribution < 1.29 is 18.9 Å². The normalized spacial score (nSPS) is 11.7. The molecule has 1 unspecified atom stereocenters. The summed E-state index contributed by atoms with van der Waals surface area (Å²) in [7, 11) is 0. The first kappa shape index (κ1) is 21.4. The number of ether oxygens (including phenoxy) is 1. The van der Waals surface area contributed by atoms with Crippen molar-refractivity contribution in [2.45, 2.75) is 32.8 Å². The van der Waals surface area contributed by atoms with Gasteiger partial charge in [0.15, 0.2) is 5.76 Å². The SMILES string of the molecule is CCC(C)c1ccc(OCc2ccc(C(=O)Nc3cc([N+](=O)[O-])ccc3Cl)o2)cc1. The number of anilines is 1. The van der Waals surface area contributed by atoms with Crippen molar-refractivity contribution in [1.29, 1.82) is 0 Å². The number of nitrogens with one attached hydrogen (secondary N) is 1. The molecule has 1 aromatic heterocycles. The number of halogens is 1. The molecule has 0 aliphatic rings. The van der Waals surface area contributed by atoms with Crippen LogP contribution in [0.3, 0.4) is 0 Å². The monoisotopic (exact) mass is 428 g/mol. The maximum absolute atomic E-state index is 12.4. The highest BCUT2D eigenvalue weighted by molar-refractivity contribution is 6.34. The number of furan rings is 1. The average molecular weight is 429 g/mol. The number of carbonyl (C=O) groups is 1. The van der Waals surface area contributed by atoms with E-state index in [1.165, 1.54) is 29.8 Å². The Balaban J connectivity index is 1.61. The second kappa shape index (κ2) is 9.45. The molecule has 1 amide bonds.